The highest BCUT2D eigenvalue weighted by Gasteiger charge is 2.32. The van der Waals surface area contributed by atoms with Crippen LogP contribution in [0.4, 0.5) is 18.9 Å². The Morgan fingerprint density at radius 3 is 2.50 bits per heavy atom. The van der Waals surface area contributed by atoms with Crippen LogP contribution >= 0.6 is 0 Å². The van der Waals surface area contributed by atoms with E-state index >= 15 is 0 Å². The molecule has 2 aromatic rings. The van der Waals surface area contributed by atoms with E-state index in [0.29, 0.717) is 11.9 Å². The zero-order valence-electron chi connectivity index (χ0n) is 11.2. The number of rotatable bonds is 3. The van der Waals surface area contributed by atoms with Gasteiger partial charge < -0.3 is 15.0 Å². The molecular formula is C13H10F3N3O3. The number of aromatic amines is 1. The average molecular weight is 313 g/mol. The van der Waals surface area contributed by atoms with E-state index in [1.807, 2.05) is 0 Å². The van der Waals surface area contributed by atoms with Crippen LogP contribution in [-0.2, 0) is 6.18 Å². The monoisotopic (exact) mass is 313 g/mol. The van der Waals surface area contributed by atoms with Gasteiger partial charge >= 0.3 is 6.18 Å². The molecule has 0 aliphatic rings. The molecule has 0 fully saturated rings. The molecule has 6 nitrogen and oxygen atoms in total. The van der Waals surface area contributed by atoms with E-state index in [4.69, 9.17) is 4.74 Å². The van der Waals surface area contributed by atoms with E-state index in [9.17, 15) is 22.8 Å². The number of nitrogens with zero attached hydrogens (tertiary/aromatic N) is 1. The van der Waals surface area contributed by atoms with E-state index in [-0.39, 0.29) is 5.69 Å². The second-order valence-electron chi connectivity index (χ2n) is 4.16. The predicted molar refractivity (Wildman–Crippen MR) is 70.8 cm³/mol. The summed E-state index contributed by atoms with van der Waals surface area (Å²) in [5.41, 5.74) is -2.53. The number of H-pyrrole nitrogens is 1. The van der Waals surface area contributed by atoms with Crippen LogP contribution in [0.15, 0.2) is 35.3 Å². The third-order valence-electron chi connectivity index (χ3n) is 2.66. The predicted octanol–water partition coefficient (Wildman–Crippen LogP) is 2.05. The minimum Gasteiger partial charge on any atom is -0.481 e. The van der Waals surface area contributed by atoms with E-state index in [0.717, 1.165) is 6.07 Å². The van der Waals surface area contributed by atoms with Crippen LogP contribution in [-0.4, -0.2) is 23.0 Å². The SMILES string of the molecule is COc1ccc(NC(=O)c2ccc(C(F)(F)F)[nH]c2=O)cn1. The molecule has 0 saturated carbocycles. The van der Waals surface area contributed by atoms with Gasteiger partial charge in [-0.1, -0.05) is 0 Å². The number of nitrogens with one attached hydrogen (secondary N) is 2. The first kappa shape index (κ1) is 15.5. The molecule has 2 rings (SSSR count). The second kappa shape index (κ2) is 5.88. The third kappa shape index (κ3) is 3.43. The summed E-state index contributed by atoms with van der Waals surface area (Å²) >= 11 is 0. The lowest BCUT2D eigenvalue weighted by atomic mass is 10.2. The molecule has 116 valence electrons. The van der Waals surface area contributed by atoms with E-state index in [1.165, 1.54) is 25.4 Å². The number of anilines is 1. The topological polar surface area (TPSA) is 84.1 Å². The van der Waals surface area contributed by atoms with Crippen LogP contribution in [0.5, 0.6) is 5.88 Å². The quantitative estimate of drug-likeness (QED) is 0.908. The largest absolute Gasteiger partial charge is 0.481 e. The number of pyridine rings is 2. The zero-order valence-corrected chi connectivity index (χ0v) is 11.2. The van der Waals surface area contributed by atoms with Crippen molar-refractivity contribution in [1.82, 2.24) is 9.97 Å². The summed E-state index contributed by atoms with van der Waals surface area (Å²) in [4.78, 5) is 28.9. The molecule has 0 unspecified atom stereocenters. The Morgan fingerprint density at radius 2 is 2.00 bits per heavy atom. The number of aromatic nitrogens is 2. The Morgan fingerprint density at radius 1 is 1.27 bits per heavy atom. The number of methoxy groups -OCH3 is 1. The normalized spacial score (nSPS) is 11.1. The highest BCUT2D eigenvalue weighted by molar-refractivity contribution is 6.03. The van der Waals surface area contributed by atoms with Gasteiger partial charge in [-0.25, -0.2) is 4.98 Å². The van der Waals surface area contributed by atoms with Crippen molar-refractivity contribution in [3.8, 4) is 5.88 Å². The van der Waals surface area contributed by atoms with Gasteiger partial charge in [-0.05, 0) is 18.2 Å². The highest BCUT2D eigenvalue weighted by atomic mass is 19.4. The van der Waals surface area contributed by atoms with Crippen molar-refractivity contribution >= 4 is 11.6 Å². The minimum absolute atomic E-state index is 0.269. The summed E-state index contributed by atoms with van der Waals surface area (Å²) in [5.74, 6) is -0.521. The first-order valence-corrected chi connectivity index (χ1v) is 5.93. The number of hydrogen-bond acceptors (Lipinski definition) is 4. The lowest BCUT2D eigenvalue weighted by molar-refractivity contribution is -0.141. The molecule has 2 N–H and O–H groups in total. The van der Waals surface area contributed by atoms with Crippen LogP contribution in [0.1, 0.15) is 16.1 Å². The Balaban J connectivity index is 2.20. The lowest BCUT2D eigenvalue weighted by Gasteiger charge is -2.08. The number of hydrogen-bond donors (Lipinski definition) is 2. The fraction of sp³-hybridized carbons (Fsp3) is 0.154. The third-order valence-corrected chi connectivity index (χ3v) is 2.66. The van der Waals surface area contributed by atoms with Crippen LogP contribution < -0.4 is 15.6 Å². The smallest absolute Gasteiger partial charge is 0.431 e. The van der Waals surface area contributed by atoms with Crippen molar-refractivity contribution in [2.24, 2.45) is 0 Å². The van der Waals surface area contributed by atoms with Crippen LogP contribution in [0.25, 0.3) is 0 Å². The first-order valence-electron chi connectivity index (χ1n) is 5.93. The second-order valence-corrected chi connectivity index (χ2v) is 4.16. The van der Waals surface area contributed by atoms with Gasteiger partial charge in [0.25, 0.3) is 11.5 Å². The van der Waals surface area contributed by atoms with E-state index in [1.54, 1.807) is 4.98 Å². The van der Waals surface area contributed by atoms with Crippen molar-refractivity contribution in [2.75, 3.05) is 12.4 Å². The molecule has 2 heterocycles. The van der Waals surface area contributed by atoms with Gasteiger partial charge in [0.15, 0.2) is 0 Å². The van der Waals surface area contributed by atoms with Crippen molar-refractivity contribution < 1.29 is 22.7 Å². The molecule has 0 saturated heterocycles. The molecule has 0 radical (unpaired) electrons. The lowest BCUT2D eigenvalue weighted by Crippen LogP contribution is -2.25. The molecule has 0 aromatic carbocycles. The first-order chi connectivity index (χ1) is 10.3. The number of ether oxygens (including phenoxy) is 1. The molecule has 0 atom stereocenters. The van der Waals surface area contributed by atoms with Gasteiger partial charge in [0.2, 0.25) is 5.88 Å². The van der Waals surface area contributed by atoms with Gasteiger partial charge in [-0.3, -0.25) is 9.59 Å². The van der Waals surface area contributed by atoms with E-state index in [2.05, 4.69) is 10.3 Å². The van der Waals surface area contributed by atoms with E-state index < -0.39 is 28.9 Å². The van der Waals surface area contributed by atoms with Gasteiger partial charge in [-0.15, -0.1) is 0 Å². The maximum atomic E-state index is 12.4. The van der Waals surface area contributed by atoms with Gasteiger partial charge in [-0.2, -0.15) is 13.2 Å². The average Bonchev–Trinajstić information content (AvgIpc) is 2.46. The van der Waals surface area contributed by atoms with Crippen LogP contribution in [0.2, 0.25) is 0 Å². The summed E-state index contributed by atoms with van der Waals surface area (Å²) in [6.07, 6.45) is -3.40. The number of carbonyl (C=O) groups is 1. The summed E-state index contributed by atoms with van der Waals surface area (Å²) in [5, 5.41) is 2.35. The molecule has 2 aromatic heterocycles. The van der Waals surface area contributed by atoms with Crippen LogP contribution in [0, 0.1) is 0 Å². The van der Waals surface area contributed by atoms with Crippen molar-refractivity contribution in [3.63, 3.8) is 0 Å². The highest BCUT2D eigenvalue weighted by Crippen LogP contribution is 2.26. The van der Waals surface area contributed by atoms with Gasteiger partial charge in [0.05, 0.1) is 19.0 Å². The maximum absolute atomic E-state index is 12.4. The number of amides is 1. The van der Waals surface area contributed by atoms with Crippen molar-refractivity contribution in [1.29, 1.82) is 0 Å². The molecule has 1 amide bonds. The molecule has 0 bridgehead atoms. The van der Waals surface area contributed by atoms with Crippen LogP contribution in [0.3, 0.4) is 0 Å². The summed E-state index contributed by atoms with van der Waals surface area (Å²) in [6.45, 7) is 0. The Kier molecular flexibility index (Phi) is 4.15. The molecule has 0 aliphatic carbocycles. The van der Waals surface area contributed by atoms with Crippen molar-refractivity contribution in [3.05, 3.63) is 52.1 Å². The fourth-order valence-corrected chi connectivity index (χ4v) is 1.59. The number of halogens is 3. The van der Waals surface area contributed by atoms with Gasteiger partial charge in [0, 0.05) is 6.07 Å². The molecule has 0 spiro atoms. The fourth-order valence-electron chi connectivity index (χ4n) is 1.59. The molecule has 9 heteroatoms. The Hall–Kier alpha value is -2.84. The summed E-state index contributed by atoms with van der Waals surface area (Å²) in [6, 6.07) is 4.39. The zero-order chi connectivity index (χ0) is 16.3. The summed E-state index contributed by atoms with van der Waals surface area (Å²) < 4.78 is 42.1. The maximum Gasteiger partial charge on any atom is 0.431 e. The standard InChI is InChI=1S/C13H10F3N3O3/c1-22-10-5-2-7(6-17-10)18-11(20)8-3-4-9(13(14,15)16)19-12(8)21/h2-6H,1H3,(H,18,20)(H,19,21). The molecule has 0 aliphatic heterocycles. The molecule has 22 heavy (non-hydrogen) atoms. The number of alkyl halides is 3. The van der Waals surface area contributed by atoms with Crippen molar-refractivity contribution in [2.45, 2.75) is 6.18 Å². The van der Waals surface area contributed by atoms with Gasteiger partial charge in [0.1, 0.15) is 11.3 Å². The minimum atomic E-state index is -4.69. The number of carbonyl (C=O) groups excluding carboxylic acids is 1. The Bertz CT molecular complexity index is 739. The molecular weight excluding hydrogens is 303 g/mol. The Labute approximate surface area is 122 Å². The summed E-state index contributed by atoms with van der Waals surface area (Å²) in [7, 11) is 1.42.